The standard InChI is InChI=1S/C10H11N2O2/c1-12(2)10(14)8-5-3-7(4-6-8)9(11)13/h3,5-6H,1-2H3,(H2,11,13). The number of nitrogens with two attached hydrogens (primary N) is 1. The van der Waals surface area contributed by atoms with Crippen molar-refractivity contribution in [3.05, 3.63) is 35.4 Å². The molecule has 4 heteroatoms. The molecule has 14 heavy (non-hydrogen) atoms. The Morgan fingerprint density at radius 3 is 2.36 bits per heavy atom. The predicted octanol–water partition coefficient (Wildman–Crippen LogP) is 0.287. The molecule has 0 heterocycles. The Hall–Kier alpha value is -1.84. The SMILES string of the molecule is CN(C)C(=O)c1c[c]c(C(N)=O)cc1. The molecule has 2 N–H and O–H groups in total. The second-order valence-corrected chi connectivity index (χ2v) is 3.05. The lowest BCUT2D eigenvalue weighted by Gasteiger charge is -2.09. The quantitative estimate of drug-likeness (QED) is 0.730. The zero-order chi connectivity index (χ0) is 10.7. The number of rotatable bonds is 2. The zero-order valence-corrected chi connectivity index (χ0v) is 8.07. The fraction of sp³-hybridized carbons (Fsp3) is 0.200. The molecular formula is C10H11N2O2. The van der Waals surface area contributed by atoms with Crippen molar-refractivity contribution in [3.63, 3.8) is 0 Å². The van der Waals surface area contributed by atoms with E-state index >= 15 is 0 Å². The number of hydrogen-bond donors (Lipinski definition) is 1. The van der Waals surface area contributed by atoms with E-state index in [2.05, 4.69) is 6.07 Å². The minimum Gasteiger partial charge on any atom is -0.366 e. The van der Waals surface area contributed by atoms with E-state index in [0.29, 0.717) is 5.56 Å². The van der Waals surface area contributed by atoms with Gasteiger partial charge in [-0.15, -0.1) is 0 Å². The van der Waals surface area contributed by atoms with Gasteiger partial charge in [0.2, 0.25) is 5.91 Å². The van der Waals surface area contributed by atoms with Crippen LogP contribution in [0.3, 0.4) is 0 Å². The second-order valence-electron chi connectivity index (χ2n) is 3.05. The molecule has 1 rings (SSSR count). The third-order valence-electron chi connectivity index (χ3n) is 1.73. The van der Waals surface area contributed by atoms with Gasteiger partial charge in [0.25, 0.3) is 5.91 Å². The summed E-state index contributed by atoms with van der Waals surface area (Å²) in [5.74, 6) is -0.675. The van der Waals surface area contributed by atoms with Crippen molar-refractivity contribution in [2.24, 2.45) is 5.73 Å². The maximum absolute atomic E-state index is 11.4. The smallest absolute Gasteiger partial charge is 0.253 e. The molecule has 0 aliphatic carbocycles. The van der Waals surface area contributed by atoms with Crippen molar-refractivity contribution in [2.75, 3.05) is 14.1 Å². The Morgan fingerprint density at radius 2 is 2.00 bits per heavy atom. The van der Waals surface area contributed by atoms with Gasteiger partial charge < -0.3 is 10.6 Å². The molecule has 2 amide bonds. The third-order valence-corrected chi connectivity index (χ3v) is 1.73. The molecule has 73 valence electrons. The van der Waals surface area contributed by atoms with Crippen LogP contribution in [0, 0.1) is 6.07 Å². The highest BCUT2D eigenvalue weighted by atomic mass is 16.2. The molecule has 0 aliphatic rings. The summed E-state index contributed by atoms with van der Waals surface area (Å²) in [5.41, 5.74) is 5.80. The van der Waals surface area contributed by atoms with Crippen LogP contribution in [0.5, 0.6) is 0 Å². The fourth-order valence-electron chi connectivity index (χ4n) is 0.969. The number of hydrogen-bond acceptors (Lipinski definition) is 2. The van der Waals surface area contributed by atoms with Crippen molar-refractivity contribution < 1.29 is 9.59 Å². The molecule has 0 atom stereocenters. The third kappa shape index (κ3) is 2.10. The Balaban J connectivity index is 2.94. The summed E-state index contributed by atoms with van der Waals surface area (Å²) < 4.78 is 0. The van der Waals surface area contributed by atoms with E-state index in [9.17, 15) is 9.59 Å². The highest BCUT2D eigenvalue weighted by Gasteiger charge is 2.08. The van der Waals surface area contributed by atoms with Gasteiger partial charge in [-0.05, 0) is 24.3 Å². The van der Waals surface area contributed by atoms with Gasteiger partial charge in [0.05, 0.1) is 0 Å². The fourth-order valence-corrected chi connectivity index (χ4v) is 0.969. The minimum absolute atomic E-state index is 0.128. The summed E-state index contributed by atoms with van der Waals surface area (Å²) >= 11 is 0. The van der Waals surface area contributed by atoms with Gasteiger partial charge in [-0.25, -0.2) is 0 Å². The van der Waals surface area contributed by atoms with Gasteiger partial charge in [0.1, 0.15) is 0 Å². The summed E-state index contributed by atoms with van der Waals surface area (Å²) in [6, 6.07) is 7.15. The van der Waals surface area contributed by atoms with E-state index in [0.717, 1.165) is 0 Å². The maximum Gasteiger partial charge on any atom is 0.253 e. The lowest BCUT2D eigenvalue weighted by molar-refractivity contribution is 0.0827. The molecule has 1 aromatic rings. The van der Waals surface area contributed by atoms with Crippen molar-refractivity contribution in [2.45, 2.75) is 0 Å². The zero-order valence-electron chi connectivity index (χ0n) is 8.07. The number of amides is 2. The van der Waals surface area contributed by atoms with E-state index in [4.69, 9.17) is 5.73 Å². The van der Waals surface area contributed by atoms with Crippen LogP contribution in [0.25, 0.3) is 0 Å². The highest BCUT2D eigenvalue weighted by Crippen LogP contribution is 2.04. The van der Waals surface area contributed by atoms with Gasteiger partial charge in [0.15, 0.2) is 0 Å². The lowest BCUT2D eigenvalue weighted by atomic mass is 10.1. The van der Waals surface area contributed by atoms with E-state index in [1.807, 2.05) is 0 Å². The summed E-state index contributed by atoms with van der Waals surface area (Å²) in [6.45, 7) is 0. The topological polar surface area (TPSA) is 63.4 Å². The Labute approximate surface area is 82.3 Å². The van der Waals surface area contributed by atoms with Gasteiger partial charge >= 0.3 is 0 Å². The van der Waals surface area contributed by atoms with Crippen molar-refractivity contribution >= 4 is 11.8 Å². The summed E-state index contributed by atoms with van der Waals surface area (Å²) in [7, 11) is 3.31. The van der Waals surface area contributed by atoms with Crippen molar-refractivity contribution in [1.29, 1.82) is 0 Å². The molecule has 0 aromatic heterocycles. The van der Waals surface area contributed by atoms with Crippen LogP contribution < -0.4 is 5.73 Å². The lowest BCUT2D eigenvalue weighted by Crippen LogP contribution is -2.21. The normalized spacial score (nSPS) is 9.57. The average molecular weight is 191 g/mol. The average Bonchev–Trinajstić information content (AvgIpc) is 2.16. The van der Waals surface area contributed by atoms with E-state index < -0.39 is 5.91 Å². The molecule has 0 bridgehead atoms. The van der Waals surface area contributed by atoms with Gasteiger partial charge in [-0.3, -0.25) is 9.59 Å². The van der Waals surface area contributed by atoms with Gasteiger partial charge in [-0.2, -0.15) is 0 Å². The largest absolute Gasteiger partial charge is 0.366 e. The van der Waals surface area contributed by atoms with Gasteiger partial charge in [0, 0.05) is 25.2 Å². The van der Waals surface area contributed by atoms with E-state index in [-0.39, 0.29) is 11.5 Å². The molecule has 0 spiro atoms. The first-order valence-electron chi connectivity index (χ1n) is 4.05. The Bertz CT molecular complexity index is 355. The summed E-state index contributed by atoms with van der Waals surface area (Å²) in [5, 5.41) is 0. The van der Waals surface area contributed by atoms with Crippen LogP contribution in [-0.4, -0.2) is 30.8 Å². The number of benzene rings is 1. The molecule has 4 nitrogen and oxygen atoms in total. The Kier molecular flexibility index (Phi) is 2.86. The van der Waals surface area contributed by atoms with E-state index in [1.165, 1.54) is 17.0 Å². The van der Waals surface area contributed by atoms with Crippen LogP contribution in [0.4, 0.5) is 0 Å². The number of carbonyl (C=O) groups is 2. The van der Waals surface area contributed by atoms with Crippen LogP contribution in [0.2, 0.25) is 0 Å². The molecule has 0 unspecified atom stereocenters. The summed E-state index contributed by atoms with van der Waals surface area (Å²) in [6.07, 6.45) is 0. The number of nitrogens with zero attached hydrogens (tertiary/aromatic N) is 1. The molecule has 0 fully saturated rings. The molecular weight excluding hydrogens is 180 g/mol. The van der Waals surface area contributed by atoms with E-state index in [1.54, 1.807) is 20.2 Å². The maximum atomic E-state index is 11.4. The molecule has 0 saturated heterocycles. The first-order valence-corrected chi connectivity index (χ1v) is 4.05. The molecule has 1 radical (unpaired) electrons. The number of primary amides is 1. The first-order chi connectivity index (χ1) is 6.52. The minimum atomic E-state index is -0.547. The van der Waals surface area contributed by atoms with Crippen molar-refractivity contribution in [1.82, 2.24) is 4.90 Å². The number of carbonyl (C=O) groups excluding carboxylic acids is 2. The van der Waals surface area contributed by atoms with Crippen molar-refractivity contribution in [3.8, 4) is 0 Å². The first kappa shape index (κ1) is 10.2. The predicted molar refractivity (Wildman–Crippen MR) is 51.8 cm³/mol. The highest BCUT2D eigenvalue weighted by molar-refractivity contribution is 5.96. The van der Waals surface area contributed by atoms with Crippen LogP contribution in [0.15, 0.2) is 18.2 Å². The molecule has 0 saturated carbocycles. The molecule has 1 aromatic carbocycles. The monoisotopic (exact) mass is 191 g/mol. The van der Waals surface area contributed by atoms with Crippen LogP contribution in [0.1, 0.15) is 20.7 Å². The van der Waals surface area contributed by atoms with Gasteiger partial charge in [-0.1, -0.05) is 0 Å². The second kappa shape index (κ2) is 3.91. The Morgan fingerprint density at radius 1 is 1.36 bits per heavy atom. The molecule has 0 aliphatic heterocycles. The van der Waals surface area contributed by atoms with Crippen LogP contribution in [-0.2, 0) is 0 Å². The van der Waals surface area contributed by atoms with Crippen LogP contribution >= 0.6 is 0 Å². The summed E-state index contributed by atoms with van der Waals surface area (Å²) in [4.78, 5) is 23.6.